The second-order valence-electron chi connectivity index (χ2n) is 10.6. The lowest BCUT2D eigenvalue weighted by atomic mass is 9.90. The summed E-state index contributed by atoms with van der Waals surface area (Å²) >= 11 is 0. The summed E-state index contributed by atoms with van der Waals surface area (Å²) in [6.07, 6.45) is 3.07. The summed E-state index contributed by atoms with van der Waals surface area (Å²) < 4.78 is 6.20. The molecule has 2 aromatic carbocycles. The van der Waals surface area contributed by atoms with E-state index >= 15 is 0 Å². The monoisotopic (exact) mass is 594 g/mol. The molecule has 0 aliphatic heterocycles. The van der Waals surface area contributed by atoms with Gasteiger partial charge in [0.15, 0.2) is 11.6 Å². The molecule has 0 amide bonds. The van der Waals surface area contributed by atoms with E-state index in [1.165, 1.54) is 4.57 Å². The Labute approximate surface area is 238 Å². The summed E-state index contributed by atoms with van der Waals surface area (Å²) in [4.78, 5) is 45.3. The summed E-state index contributed by atoms with van der Waals surface area (Å²) in [5, 5.41) is 3.83. The second-order valence-corrected chi connectivity index (χ2v) is 10.6. The van der Waals surface area contributed by atoms with Gasteiger partial charge in [-0.2, -0.15) is 0 Å². The van der Waals surface area contributed by atoms with E-state index in [2.05, 4.69) is 21.6 Å². The van der Waals surface area contributed by atoms with E-state index in [0.717, 1.165) is 47.2 Å². The average Bonchev–Trinajstić information content (AvgIpc) is 3.33. The molecule has 206 valence electrons. The molecule has 2 heterocycles. The van der Waals surface area contributed by atoms with E-state index in [0.29, 0.717) is 23.6 Å². The normalized spacial score (nSPS) is 11.3. The standard InChI is InChI=1S/C30H34N4O4.BrH/c1-6-7-12-25-24(28(36)34(19(2)31-25)18-26(35)30(3,4)5)17-20-13-15-21(16-14-20)22-10-8-9-11-23(22)27-32-29(37)38-33-27;/h8-11,13-16H,6-7,12,17-18H2,1-5H3,(H,32,33,37);1H. The molecular weight excluding hydrogens is 560 g/mol. The van der Waals surface area contributed by atoms with Crippen molar-refractivity contribution in [3.8, 4) is 22.5 Å². The highest BCUT2D eigenvalue weighted by Crippen LogP contribution is 2.30. The molecule has 0 fully saturated rings. The van der Waals surface area contributed by atoms with Crippen molar-refractivity contribution in [2.75, 3.05) is 0 Å². The molecular formula is C30H35BrN4O4. The van der Waals surface area contributed by atoms with E-state index in [1.54, 1.807) is 6.92 Å². The Morgan fingerprint density at radius 2 is 1.69 bits per heavy atom. The van der Waals surface area contributed by atoms with E-state index in [4.69, 9.17) is 4.98 Å². The van der Waals surface area contributed by atoms with Crippen LogP contribution >= 0.6 is 17.0 Å². The number of nitrogens with zero attached hydrogens (tertiary/aromatic N) is 3. The number of hydrogen-bond donors (Lipinski definition) is 1. The van der Waals surface area contributed by atoms with E-state index < -0.39 is 11.2 Å². The number of rotatable bonds is 9. The number of aryl methyl sites for hydroxylation is 2. The van der Waals surface area contributed by atoms with Crippen molar-refractivity contribution in [1.29, 1.82) is 0 Å². The maximum Gasteiger partial charge on any atom is 0.439 e. The topological polar surface area (TPSA) is 111 Å². The van der Waals surface area contributed by atoms with Crippen molar-refractivity contribution in [2.24, 2.45) is 5.41 Å². The molecule has 39 heavy (non-hydrogen) atoms. The number of benzene rings is 2. The quantitative estimate of drug-likeness (QED) is 0.266. The number of hydrogen-bond acceptors (Lipinski definition) is 6. The molecule has 8 nitrogen and oxygen atoms in total. The van der Waals surface area contributed by atoms with Gasteiger partial charge in [-0.1, -0.05) is 87.8 Å². The Bertz CT molecular complexity index is 1560. The number of aromatic nitrogens is 4. The van der Waals surface area contributed by atoms with Crippen LogP contribution in [0, 0.1) is 12.3 Å². The Hall–Kier alpha value is -3.59. The van der Waals surface area contributed by atoms with Crippen molar-refractivity contribution in [3.63, 3.8) is 0 Å². The van der Waals surface area contributed by atoms with Gasteiger partial charge in [0.1, 0.15) is 5.82 Å². The number of carbonyl (C=O) groups is 1. The molecule has 0 saturated heterocycles. The van der Waals surface area contributed by atoms with Crippen molar-refractivity contribution >= 4 is 22.8 Å². The van der Waals surface area contributed by atoms with Crippen LogP contribution in [0.15, 0.2) is 62.6 Å². The summed E-state index contributed by atoms with van der Waals surface area (Å²) in [7, 11) is 0. The number of halogens is 1. The van der Waals surface area contributed by atoms with Crippen LogP contribution in [0.4, 0.5) is 0 Å². The first-order chi connectivity index (χ1) is 18.1. The number of unbranched alkanes of at least 4 members (excludes halogenated alkanes) is 1. The number of ketones is 1. The molecule has 1 N–H and O–H groups in total. The number of nitrogens with one attached hydrogen (secondary N) is 1. The molecule has 0 radical (unpaired) electrons. The van der Waals surface area contributed by atoms with Crippen LogP contribution in [0.1, 0.15) is 63.2 Å². The zero-order valence-electron chi connectivity index (χ0n) is 23.0. The summed E-state index contributed by atoms with van der Waals surface area (Å²) in [5.74, 6) is 0.324. The first-order valence-electron chi connectivity index (χ1n) is 13.0. The lowest BCUT2D eigenvalue weighted by molar-refractivity contribution is -0.127. The fourth-order valence-corrected chi connectivity index (χ4v) is 4.35. The third-order valence-electron chi connectivity index (χ3n) is 6.71. The van der Waals surface area contributed by atoms with Gasteiger partial charge in [0.25, 0.3) is 5.56 Å². The summed E-state index contributed by atoms with van der Waals surface area (Å²) in [5.41, 5.74) is 4.31. The fraction of sp³-hybridized carbons (Fsp3) is 0.367. The molecule has 0 aliphatic carbocycles. The Balaban J connectivity index is 0.00000420. The van der Waals surface area contributed by atoms with Crippen LogP contribution in [0.25, 0.3) is 22.5 Å². The van der Waals surface area contributed by atoms with Gasteiger partial charge in [-0.25, -0.2) is 9.78 Å². The predicted molar refractivity (Wildman–Crippen MR) is 157 cm³/mol. The van der Waals surface area contributed by atoms with Crippen molar-refractivity contribution < 1.29 is 9.32 Å². The van der Waals surface area contributed by atoms with Gasteiger partial charge < -0.3 is 0 Å². The highest BCUT2D eigenvalue weighted by Gasteiger charge is 2.24. The zero-order valence-corrected chi connectivity index (χ0v) is 24.8. The minimum absolute atomic E-state index is 0. The van der Waals surface area contributed by atoms with Gasteiger partial charge in [0.2, 0.25) is 0 Å². The van der Waals surface area contributed by atoms with Crippen LogP contribution in [0.2, 0.25) is 0 Å². The van der Waals surface area contributed by atoms with Crippen LogP contribution in [0.5, 0.6) is 0 Å². The molecule has 0 atom stereocenters. The van der Waals surface area contributed by atoms with Gasteiger partial charge in [-0.15, -0.1) is 17.0 Å². The van der Waals surface area contributed by atoms with E-state index in [9.17, 15) is 14.4 Å². The van der Waals surface area contributed by atoms with Gasteiger partial charge in [0.05, 0.1) is 12.2 Å². The van der Waals surface area contributed by atoms with Crippen LogP contribution in [0.3, 0.4) is 0 Å². The fourth-order valence-electron chi connectivity index (χ4n) is 4.35. The molecule has 0 saturated carbocycles. The van der Waals surface area contributed by atoms with Crippen molar-refractivity contribution in [1.82, 2.24) is 19.7 Å². The van der Waals surface area contributed by atoms with E-state index in [1.807, 2.05) is 69.3 Å². The Morgan fingerprint density at radius 1 is 1.03 bits per heavy atom. The minimum Gasteiger partial charge on any atom is -0.297 e. The van der Waals surface area contributed by atoms with Crippen LogP contribution < -0.4 is 11.3 Å². The first kappa shape index (κ1) is 30.0. The molecule has 4 aromatic rings. The van der Waals surface area contributed by atoms with Crippen molar-refractivity contribution in [2.45, 2.75) is 66.8 Å². The average molecular weight is 596 g/mol. The first-order valence-corrected chi connectivity index (χ1v) is 13.0. The minimum atomic E-state index is -0.606. The Kier molecular flexibility index (Phi) is 9.61. The maximum absolute atomic E-state index is 13.7. The van der Waals surface area contributed by atoms with Crippen molar-refractivity contribution in [3.05, 3.63) is 92.1 Å². The molecule has 0 aliphatic rings. The van der Waals surface area contributed by atoms with Gasteiger partial charge in [-0.05, 0) is 36.5 Å². The number of aromatic amines is 1. The molecule has 0 unspecified atom stereocenters. The van der Waals surface area contributed by atoms with Gasteiger partial charge >= 0.3 is 5.76 Å². The predicted octanol–water partition coefficient (Wildman–Crippen LogP) is 5.69. The SMILES string of the molecule is Br.CCCCc1nc(C)n(CC(=O)C(C)(C)C)c(=O)c1Cc1ccc(-c2ccccc2-c2noc(=O)[nH]2)cc1. The van der Waals surface area contributed by atoms with Gasteiger partial charge in [0, 0.05) is 23.0 Å². The molecule has 0 spiro atoms. The third-order valence-corrected chi connectivity index (χ3v) is 6.71. The summed E-state index contributed by atoms with van der Waals surface area (Å²) in [6.45, 7) is 9.51. The largest absolute Gasteiger partial charge is 0.439 e. The molecule has 4 rings (SSSR count). The Morgan fingerprint density at radius 3 is 2.28 bits per heavy atom. The highest BCUT2D eigenvalue weighted by atomic mass is 79.9. The maximum atomic E-state index is 13.7. The summed E-state index contributed by atoms with van der Waals surface area (Å²) in [6, 6.07) is 15.6. The second kappa shape index (κ2) is 12.5. The van der Waals surface area contributed by atoms with Crippen LogP contribution in [-0.4, -0.2) is 25.5 Å². The smallest absolute Gasteiger partial charge is 0.297 e. The molecule has 9 heteroatoms. The lowest BCUT2D eigenvalue weighted by Crippen LogP contribution is -2.35. The molecule has 2 aromatic heterocycles. The number of H-pyrrole nitrogens is 1. The third kappa shape index (κ3) is 6.89. The lowest BCUT2D eigenvalue weighted by Gasteiger charge is -2.20. The zero-order chi connectivity index (χ0) is 27.4. The molecule has 0 bridgehead atoms. The van der Waals surface area contributed by atoms with E-state index in [-0.39, 0.29) is 34.9 Å². The highest BCUT2D eigenvalue weighted by molar-refractivity contribution is 8.93. The van der Waals surface area contributed by atoms with Gasteiger partial charge in [-0.3, -0.25) is 23.7 Å². The van der Waals surface area contributed by atoms with Crippen LogP contribution in [-0.2, 0) is 24.2 Å². The number of carbonyl (C=O) groups excluding carboxylic acids is 1. The number of Topliss-reactive ketones (excluding diaryl/α,β-unsaturated/α-hetero) is 1.